The van der Waals surface area contributed by atoms with Crippen LogP contribution in [0.25, 0.3) is 0 Å². The Morgan fingerprint density at radius 3 is 2.62 bits per heavy atom. The number of benzene rings is 1. The minimum atomic E-state index is 0.220. The summed E-state index contributed by atoms with van der Waals surface area (Å²) in [7, 11) is 1.68. The summed E-state index contributed by atoms with van der Waals surface area (Å²) in [6.45, 7) is 6.54. The molecular weight excluding hydrogens is 286 g/mol. The molecule has 1 N–H and O–H groups in total. The van der Waals surface area contributed by atoms with Crippen molar-refractivity contribution in [3.05, 3.63) is 46.4 Å². The van der Waals surface area contributed by atoms with E-state index in [2.05, 4.69) is 15.3 Å². The number of hydrogen-bond donors (Lipinski definition) is 1. The van der Waals surface area contributed by atoms with Gasteiger partial charge in [-0.05, 0) is 13.0 Å². The number of nitrogens with one attached hydrogen (secondary N) is 1. The first kappa shape index (κ1) is 15.7. The van der Waals surface area contributed by atoms with Crippen molar-refractivity contribution in [3.8, 4) is 0 Å². The Hall–Kier alpha value is -1.65. The molecule has 0 radical (unpaired) electrons. The van der Waals surface area contributed by atoms with Crippen molar-refractivity contribution < 1.29 is 4.74 Å². The van der Waals surface area contributed by atoms with Crippen LogP contribution in [0.15, 0.2) is 24.3 Å². The molecule has 0 aliphatic rings. The quantitative estimate of drug-likeness (QED) is 0.829. The summed E-state index contributed by atoms with van der Waals surface area (Å²) in [6, 6.07) is 7.98. The molecule has 1 aromatic heterocycles. The van der Waals surface area contributed by atoms with Gasteiger partial charge in [-0.1, -0.05) is 43.6 Å². The standard InChI is InChI=1S/C16H20ClN3O/c1-10(2)15-19-14(17)11(3)16(20-15)18-13-8-6-5-7-12(13)9-21-4/h5-8,10H,9H2,1-4H3,(H,18,19,20). The molecule has 0 amide bonds. The maximum atomic E-state index is 6.21. The van der Waals surface area contributed by atoms with E-state index in [1.165, 1.54) is 0 Å². The minimum Gasteiger partial charge on any atom is -0.380 e. The number of nitrogens with zero attached hydrogens (tertiary/aromatic N) is 2. The van der Waals surface area contributed by atoms with E-state index in [9.17, 15) is 0 Å². The van der Waals surface area contributed by atoms with Crippen molar-refractivity contribution in [2.45, 2.75) is 33.3 Å². The molecule has 0 atom stereocenters. The first-order chi connectivity index (χ1) is 10.0. The Morgan fingerprint density at radius 1 is 1.24 bits per heavy atom. The average Bonchev–Trinajstić information content (AvgIpc) is 2.45. The van der Waals surface area contributed by atoms with Gasteiger partial charge in [-0.2, -0.15) is 0 Å². The predicted octanol–water partition coefficient (Wildman–Crippen LogP) is 4.45. The normalized spacial score (nSPS) is 11.0. The number of rotatable bonds is 5. The molecule has 0 aliphatic heterocycles. The fourth-order valence-corrected chi connectivity index (χ4v) is 2.11. The Balaban J connectivity index is 2.39. The fourth-order valence-electron chi connectivity index (χ4n) is 1.94. The van der Waals surface area contributed by atoms with Crippen LogP contribution in [0.1, 0.15) is 36.7 Å². The summed E-state index contributed by atoms with van der Waals surface area (Å²) >= 11 is 6.21. The van der Waals surface area contributed by atoms with Gasteiger partial charge in [0.05, 0.1) is 6.61 Å². The van der Waals surface area contributed by atoms with Gasteiger partial charge in [-0.25, -0.2) is 9.97 Å². The summed E-state index contributed by atoms with van der Waals surface area (Å²) in [6.07, 6.45) is 0. The topological polar surface area (TPSA) is 47.0 Å². The predicted molar refractivity (Wildman–Crippen MR) is 86.3 cm³/mol. The lowest BCUT2D eigenvalue weighted by Crippen LogP contribution is -2.06. The molecule has 0 spiro atoms. The van der Waals surface area contributed by atoms with Crippen LogP contribution in [-0.2, 0) is 11.3 Å². The first-order valence-corrected chi connectivity index (χ1v) is 7.28. The Kier molecular flexibility index (Phi) is 5.15. The van der Waals surface area contributed by atoms with Crippen LogP contribution in [0.2, 0.25) is 5.15 Å². The summed E-state index contributed by atoms with van der Waals surface area (Å²) in [4.78, 5) is 8.90. The molecule has 0 saturated heterocycles. The van der Waals surface area contributed by atoms with Gasteiger partial charge in [-0.15, -0.1) is 0 Å². The monoisotopic (exact) mass is 305 g/mol. The largest absolute Gasteiger partial charge is 0.380 e. The highest BCUT2D eigenvalue weighted by Crippen LogP contribution is 2.27. The van der Waals surface area contributed by atoms with Gasteiger partial charge < -0.3 is 10.1 Å². The molecular formula is C16H20ClN3O. The molecule has 0 fully saturated rings. The van der Waals surface area contributed by atoms with E-state index in [4.69, 9.17) is 16.3 Å². The van der Waals surface area contributed by atoms with Crippen LogP contribution < -0.4 is 5.32 Å². The zero-order chi connectivity index (χ0) is 15.4. The molecule has 5 heteroatoms. The van der Waals surface area contributed by atoms with Crippen molar-refractivity contribution in [2.24, 2.45) is 0 Å². The van der Waals surface area contributed by atoms with E-state index in [1.54, 1.807) is 7.11 Å². The van der Waals surface area contributed by atoms with Crippen molar-refractivity contribution in [2.75, 3.05) is 12.4 Å². The van der Waals surface area contributed by atoms with Crippen LogP contribution in [0, 0.1) is 6.92 Å². The van der Waals surface area contributed by atoms with Crippen LogP contribution in [0.5, 0.6) is 0 Å². The van der Waals surface area contributed by atoms with Crippen molar-refractivity contribution >= 4 is 23.1 Å². The Labute approximate surface area is 130 Å². The number of methoxy groups -OCH3 is 1. The Morgan fingerprint density at radius 2 is 1.95 bits per heavy atom. The molecule has 0 saturated carbocycles. The van der Waals surface area contributed by atoms with Gasteiger partial charge >= 0.3 is 0 Å². The van der Waals surface area contributed by atoms with E-state index < -0.39 is 0 Å². The second-order valence-electron chi connectivity index (χ2n) is 5.22. The minimum absolute atomic E-state index is 0.220. The van der Waals surface area contributed by atoms with E-state index in [-0.39, 0.29) is 5.92 Å². The SMILES string of the molecule is COCc1ccccc1Nc1nc(C(C)C)nc(Cl)c1C. The Bertz CT molecular complexity index is 629. The van der Waals surface area contributed by atoms with Crippen LogP contribution in [-0.4, -0.2) is 17.1 Å². The molecule has 112 valence electrons. The third-order valence-electron chi connectivity index (χ3n) is 3.19. The van der Waals surface area contributed by atoms with Gasteiger partial charge in [0, 0.05) is 29.8 Å². The maximum Gasteiger partial charge on any atom is 0.138 e. The summed E-state index contributed by atoms with van der Waals surface area (Å²) in [5.41, 5.74) is 2.88. The molecule has 2 rings (SSSR count). The van der Waals surface area contributed by atoms with Crippen molar-refractivity contribution in [1.29, 1.82) is 0 Å². The highest BCUT2D eigenvalue weighted by atomic mass is 35.5. The third kappa shape index (κ3) is 3.71. The zero-order valence-electron chi connectivity index (χ0n) is 12.8. The lowest BCUT2D eigenvalue weighted by Gasteiger charge is -2.15. The van der Waals surface area contributed by atoms with Crippen molar-refractivity contribution in [3.63, 3.8) is 0 Å². The molecule has 1 heterocycles. The van der Waals surface area contributed by atoms with Gasteiger partial charge in [0.1, 0.15) is 16.8 Å². The van der Waals surface area contributed by atoms with E-state index in [0.29, 0.717) is 11.8 Å². The second-order valence-corrected chi connectivity index (χ2v) is 5.57. The summed E-state index contributed by atoms with van der Waals surface area (Å²) in [5, 5.41) is 3.83. The second kappa shape index (κ2) is 6.87. The summed E-state index contributed by atoms with van der Waals surface area (Å²) < 4.78 is 5.22. The average molecular weight is 306 g/mol. The number of aromatic nitrogens is 2. The fraction of sp³-hybridized carbons (Fsp3) is 0.375. The van der Waals surface area contributed by atoms with Crippen LogP contribution >= 0.6 is 11.6 Å². The molecule has 1 aromatic carbocycles. The molecule has 2 aromatic rings. The number of ether oxygens (including phenoxy) is 1. The van der Waals surface area contributed by atoms with Crippen molar-refractivity contribution in [1.82, 2.24) is 9.97 Å². The number of halogens is 1. The number of anilines is 2. The zero-order valence-corrected chi connectivity index (χ0v) is 13.5. The smallest absolute Gasteiger partial charge is 0.138 e. The van der Waals surface area contributed by atoms with E-state index in [1.807, 2.05) is 45.0 Å². The van der Waals surface area contributed by atoms with E-state index in [0.717, 1.165) is 28.5 Å². The third-order valence-corrected chi connectivity index (χ3v) is 3.56. The molecule has 21 heavy (non-hydrogen) atoms. The molecule has 0 aliphatic carbocycles. The maximum absolute atomic E-state index is 6.21. The highest BCUT2D eigenvalue weighted by molar-refractivity contribution is 6.30. The summed E-state index contributed by atoms with van der Waals surface area (Å²) in [5.74, 6) is 1.69. The van der Waals surface area contributed by atoms with Crippen LogP contribution in [0.3, 0.4) is 0 Å². The molecule has 0 bridgehead atoms. The number of hydrogen-bond acceptors (Lipinski definition) is 4. The molecule has 0 unspecified atom stereocenters. The lowest BCUT2D eigenvalue weighted by molar-refractivity contribution is 0.185. The first-order valence-electron chi connectivity index (χ1n) is 6.90. The lowest BCUT2D eigenvalue weighted by atomic mass is 10.1. The van der Waals surface area contributed by atoms with E-state index >= 15 is 0 Å². The van der Waals surface area contributed by atoms with Gasteiger partial charge in [-0.3, -0.25) is 0 Å². The van der Waals surface area contributed by atoms with Gasteiger partial charge in [0.15, 0.2) is 0 Å². The number of para-hydroxylation sites is 1. The van der Waals surface area contributed by atoms with Gasteiger partial charge in [0.2, 0.25) is 0 Å². The highest BCUT2D eigenvalue weighted by Gasteiger charge is 2.13. The van der Waals surface area contributed by atoms with Gasteiger partial charge in [0.25, 0.3) is 0 Å². The molecule has 4 nitrogen and oxygen atoms in total. The van der Waals surface area contributed by atoms with Crippen LogP contribution in [0.4, 0.5) is 11.5 Å².